The predicted molar refractivity (Wildman–Crippen MR) is 52.2 cm³/mol. The first-order chi connectivity index (χ1) is 5.15. The highest BCUT2D eigenvalue weighted by Crippen LogP contribution is 2.29. The topological polar surface area (TPSA) is 39.2 Å². The van der Waals surface area contributed by atoms with Gasteiger partial charge in [-0.05, 0) is 37.9 Å². The monoisotopic (exact) mass is 279 g/mol. The number of furan rings is 1. The Bertz CT molecular complexity index is 260. The van der Waals surface area contributed by atoms with E-state index in [1.807, 2.05) is 6.07 Å². The molecule has 0 aliphatic rings. The van der Waals surface area contributed by atoms with Crippen molar-refractivity contribution in [2.24, 2.45) is 5.73 Å². The van der Waals surface area contributed by atoms with Crippen LogP contribution in [0, 0.1) is 0 Å². The van der Waals surface area contributed by atoms with E-state index in [9.17, 15) is 0 Å². The van der Waals surface area contributed by atoms with Gasteiger partial charge in [-0.3, -0.25) is 0 Å². The molecule has 0 fully saturated rings. The lowest BCUT2D eigenvalue weighted by Crippen LogP contribution is -1.99. The Morgan fingerprint density at radius 1 is 1.64 bits per heavy atom. The second kappa shape index (κ2) is 3.56. The molecular formula is C7H7Br2NO. The first-order valence-corrected chi connectivity index (χ1v) is 4.56. The van der Waals surface area contributed by atoms with Gasteiger partial charge in [-0.1, -0.05) is 6.58 Å². The van der Waals surface area contributed by atoms with E-state index in [2.05, 4.69) is 38.4 Å². The quantitative estimate of drug-likeness (QED) is 0.905. The molecule has 1 rings (SSSR count). The maximum atomic E-state index is 5.37. The number of hydrogen-bond acceptors (Lipinski definition) is 2. The van der Waals surface area contributed by atoms with E-state index in [1.54, 1.807) is 0 Å². The van der Waals surface area contributed by atoms with Gasteiger partial charge in [0, 0.05) is 12.1 Å². The maximum absolute atomic E-state index is 5.37. The van der Waals surface area contributed by atoms with Gasteiger partial charge >= 0.3 is 0 Å². The number of hydrogen-bond donors (Lipinski definition) is 1. The number of nitrogens with two attached hydrogens (primary N) is 1. The van der Waals surface area contributed by atoms with Crippen molar-refractivity contribution >= 4 is 37.4 Å². The SMILES string of the molecule is C=C(CN)c1cc(Br)c(Br)o1. The van der Waals surface area contributed by atoms with Crippen molar-refractivity contribution in [3.8, 4) is 0 Å². The first kappa shape index (κ1) is 9.03. The van der Waals surface area contributed by atoms with Crippen LogP contribution in [0.15, 0.2) is 26.2 Å². The van der Waals surface area contributed by atoms with E-state index in [1.165, 1.54) is 0 Å². The van der Waals surface area contributed by atoms with Gasteiger partial charge in [0.25, 0.3) is 0 Å². The van der Waals surface area contributed by atoms with Gasteiger partial charge in [-0.2, -0.15) is 0 Å². The van der Waals surface area contributed by atoms with Gasteiger partial charge in [0.15, 0.2) is 4.67 Å². The van der Waals surface area contributed by atoms with Crippen LogP contribution in [0.1, 0.15) is 5.76 Å². The molecule has 0 aromatic carbocycles. The Hall–Kier alpha value is -0.0600. The molecule has 0 aliphatic heterocycles. The Labute approximate surface area is 81.7 Å². The van der Waals surface area contributed by atoms with Crippen LogP contribution in [0.3, 0.4) is 0 Å². The normalized spacial score (nSPS) is 10.1. The van der Waals surface area contributed by atoms with E-state index < -0.39 is 0 Å². The molecule has 0 aliphatic carbocycles. The molecular weight excluding hydrogens is 274 g/mol. The molecule has 4 heteroatoms. The second-order valence-corrected chi connectivity index (χ2v) is 3.61. The van der Waals surface area contributed by atoms with Crippen molar-refractivity contribution in [1.29, 1.82) is 0 Å². The van der Waals surface area contributed by atoms with E-state index in [0.29, 0.717) is 17.0 Å². The average molecular weight is 281 g/mol. The third kappa shape index (κ3) is 1.95. The van der Waals surface area contributed by atoms with Crippen LogP contribution >= 0.6 is 31.9 Å². The number of halogens is 2. The third-order valence-corrected chi connectivity index (χ3v) is 2.95. The third-order valence-electron chi connectivity index (χ3n) is 1.24. The van der Waals surface area contributed by atoms with Crippen LogP contribution in [0.4, 0.5) is 0 Å². The Kier molecular flexibility index (Phi) is 2.92. The van der Waals surface area contributed by atoms with E-state index in [4.69, 9.17) is 10.2 Å². The molecule has 0 radical (unpaired) electrons. The predicted octanol–water partition coefficient (Wildman–Crippen LogP) is 2.78. The van der Waals surface area contributed by atoms with Crippen LogP contribution in [0.25, 0.3) is 5.57 Å². The minimum absolute atomic E-state index is 0.409. The fourth-order valence-electron chi connectivity index (χ4n) is 0.621. The minimum atomic E-state index is 0.409. The highest BCUT2D eigenvalue weighted by molar-refractivity contribution is 9.13. The van der Waals surface area contributed by atoms with Crippen molar-refractivity contribution < 1.29 is 4.42 Å². The molecule has 0 unspecified atom stereocenters. The summed E-state index contributed by atoms with van der Waals surface area (Å²) >= 11 is 6.51. The van der Waals surface area contributed by atoms with Gasteiger partial charge < -0.3 is 10.2 Å². The summed E-state index contributed by atoms with van der Waals surface area (Å²) in [6, 6.07) is 1.83. The average Bonchev–Trinajstić information content (AvgIpc) is 2.31. The summed E-state index contributed by atoms with van der Waals surface area (Å²) in [4.78, 5) is 0. The maximum Gasteiger partial charge on any atom is 0.184 e. The zero-order chi connectivity index (χ0) is 8.43. The molecule has 1 heterocycles. The minimum Gasteiger partial charge on any atom is -0.448 e. The standard InChI is InChI=1S/C7H7Br2NO/c1-4(3-10)6-2-5(8)7(9)11-6/h2H,1,3,10H2. The summed E-state index contributed by atoms with van der Waals surface area (Å²) in [6.07, 6.45) is 0. The van der Waals surface area contributed by atoms with Crippen molar-refractivity contribution in [1.82, 2.24) is 0 Å². The molecule has 60 valence electrons. The molecule has 0 atom stereocenters. The lowest BCUT2D eigenvalue weighted by Gasteiger charge is -1.93. The van der Waals surface area contributed by atoms with Crippen molar-refractivity contribution in [2.45, 2.75) is 0 Å². The molecule has 11 heavy (non-hydrogen) atoms. The van der Waals surface area contributed by atoms with Gasteiger partial charge in [0.2, 0.25) is 0 Å². The summed E-state index contributed by atoms with van der Waals surface area (Å²) < 4.78 is 6.80. The molecule has 0 amide bonds. The molecule has 0 saturated heterocycles. The van der Waals surface area contributed by atoms with Gasteiger partial charge in [-0.25, -0.2) is 0 Å². The molecule has 1 aromatic rings. The van der Waals surface area contributed by atoms with Crippen LogP contribution in [-0.2, 0) is 0 Å². The highest BCUT2D eigenvalue weighted by Gasteiger charge is 2.07. The largest absolute Gasteiger partial charge is 0.448 e. The van der Waals surface area contributed by atoms with Gasteiger partial charge in [0.05, 0.1) is 4.47 Å². The Balaban J connectivity index is 2.97. The molecule has 2 N–H and O–H groups in total. The molecule has 1 aromatic heterocycles. The van der Waals surface area contributed by atoms with Crippen LogP contribution < -0.4 is 5.73 Å². The lowest BCUT2D eigenvalue weighted by molar-refractivity contribution is 0.525. The summed E-state index contributed by atoms with van der Waals surface area (Å²) in [5.74, 6) is 0.714. The number of rotatable bonds is 2. The van der Waals surface area contributed by atoms with Crippen molar-refractivity contribution in [3.05, 3.63) is 27.5 Å². The summed E-state index contributed by atoms with van der Waals surface area (Å²) in [7, 11) is 0. The van der Waals surface area contributed by atoms with Gasteiger partial charge in [0.1, 0.15) is 5.76 Å². The van der Waals surface area contributed by atoms with Crippen molar-refractivity contribution in [2.75, 3.05) is 6.54 Å². The van der Waals surface area contributed by atoms with E-state index >= 15 is 0 Å². The molecule has 0 saturated carbocycles. The highest BCUT2D eigenvalue weighted by atomic mass is 79.9. The molecule has 2 nitrogen and oxygen atoms in total. The fraction of sp³-hybridized carbons (Fsp3) is 0.143. The Morgan fingerprint density at radius 3 is 2.64 bits per heavy atom. The fourth-order valence-corrected chi connectivity index (χ4v) is 1.20. The van der Waals surface area contributed by atoms with Crippen molar-refractivity contribution in [3.63, 3.8) is 0 Å². The molecule has 0 bridgehead atoms. The van der Waals surface area contributed by atoms with Crippen LogP contribution in [-0.4, -0.2) is 6.54 Å². The van der Waals surface area contributed by atoms with Crippen LogP contribution in [0.2, 0.25) is 0 Å². The zero-order valence-corrected chi connectivity index (χ0v) is 8.91. The Morgan fingerprint density at radius 2 is 2.27 bits per heavy atom. The van der Waals surface area contributed by atoms with Gasteiger partial charge in [-0.15, -0.1) is 0 Å². The molecule has 0 spiro atoms. The van der Waals surface area contributed by atoms with E-state index in [0.717, 1.165) is 10.0 Å². The summed E-state index contributed by atoms with van der Waals surface area (Å²) in [6.45, 7) is 4.15. The first-order valence-electron chi connectivity index (χ1n) is 2.98. The lowest BCUT2D eigenvalue weighted by atomic mass is 10.2. The van der Waals surface area contributed by atoms with E-state index in [-0.39, 0.29) is 0 Å². The second-order valence-electron chi connectivity index (χ2n) is 2.04. The smallest absolute Gasteiger partial charge is 0.184 e. The zero-order valence-electron chi connectivity index (χ0n) is 5.73. The summed E-state index contributed by atoms with van der Waals surface area (Å²) in [5.41, 5.74) is 6.16. The summed E-state index contributed by atoms with van der Waals surface area (Å²) in [5, 5.41) is 0. The van der Waals surface area contributed by atoms with Crippen LogP contribution in [0.5, 0.6) is 0 Å².